The Labute approximate surface area is 152 Å². The summed E-state index contributed by atoms with van der Waals surface area (Å²) in [6, 6.07) is 16.0. The van der Waals surface area contributed by atoms with Gasteiger partial charge in [0.05, 0.1) is 5.56 Å². The first-order chi connectivity index (χ1) is 12.7. The fourth-order valence-electron chi connectivity index (χ4n) is 3.19. The SMILES string of the molecule is Cc1cccnc1NC(=O)c1ccc(N2CCc3ccccc3C2)nc1. The van der Waals surface area contributed by atoms with Crippen LogP contribution in [-0.2, 0) is 13.0 Å². The number of amides is 1. The molecule has 3 aromatic rings. The molecular weight excluding hydrogens is 324 g/mol. The minimum atomic E-state index is -0.199. The number of anilines is 2. The van der Waals surface area contributed by atoms with E-state index in [1.54, 1.807) is 12.4 Å². The van der Waals surface area contributed by atoms with Gasteiger partial charge in [-0.25, -0.2) is 9.97 Å². The Morgan fingerprint density at radius 2 is 1.88 bits per heavy atom. The van der Waals surface area contributed by atoms with Crippen LogP contribution in [0.4, 0.5) is 11.6 Å². The highest BCUT2D eigenvalue weighted by atomic mass is 16.1. The number of nitrogens with zero attached hydrogens (tertiary/aromatic N) is 3. The van der Waals surface area contributed by atoms with Crippen LogP contribution in [0.2, 0.25) is 0 Å². The van der Waals surface area contributed by atoms with E-state index in [2.05, 4.69) is 44.5 Å². The highest BCUT2D eigenvalue weighted by Gasteiger charge is 2.17. The van der Waals surface area contributed by atoms with Gasteiger partial charge in [-0.2, -0.15) is 0 Å². The van der Waals surface area contributed by atoms with Crippen LogP contribution < -0.4 is 10.2 Å². The van der Waals surface area contributed by atoms with Crippen molar-refractivity contribution in [1.82, 2.24) is 9.97 Å². The zero-order valence-corrected chi connectivity index (χ0v) is 14.6. The van der Waals surface area contributed by atoms with Crippen molar-refractivity contribution in [2.75, 3.05) is 16.8 Å². The molecule has 5 heteroatoms. The monoisotopic (exact) mass is 344 g/mol. The van der Waals surface area contributed by atoms with Gasteiger partial charge in [0.15, 0.2) is 0 Å². The van der Waals surface area contributed by atoms with Gasteiger partial charge in [0.1, 0.15) is 11.6 Å². The Morgan fingerprint density at radius 1 is 1.04 bits per heavy atom. The molecule has 0 aliphatic carbocycles. The van der Waals surface area contributed by atoms with Crippen LogP contribution in [0.5, 0.6) is 0 Å². The van der Waals surface area contributed by atoms with Crippen molar-refractivity contribution < 1.29 is 4.79 Å². The summed E-state index contributed by atoms with van der Waals surface area (Å²) >= 11 is 0. The van der Waals surface area contributed by atoms with Gasteiger partial charge in [-0.15, -0.1) is 0 Å². The highest BCUT2D eigenvalue weighted by Crippen LogP contribution is 2.23. The van der Waals surface area contributed by atoms with E-state index >= 15 is 0 Å². The molecule has 1 aromatic carbocycles. The molecule has 1 aliphatic rings. The summed E-state index contributed by atoms with van der Waals surface area (Å²) in [6.07, 6.45) is 4.31. The number of nitrogens with one attached hydrogen (secondary N) is 1. The number of benzene rings is 1. The average molecular weight is 344 g/mol. The summed E-state index contributed by atoms with van der Waals surface area (Å²) in [7, 11) is 0. The van der Waals surface area contributed by atoms with E-state index in [1.807, 2.05) is 31.2 Å². The van der Waals surface area contributed by atoms with E-state index in [9.17, 15) is 4.79 Å². The molecule has 26 heavy (non-hydrogen) atoms. The Balaban J connectivity index is 1.47. The second-order valence-corrected chi connectivity index (χ2v) is 6.47. The topological polar surface area (TPSA) is 58.1 Å². The van der Waals surface area contributed by atoms with Crippen molar-refractivity contribution in [2.45, 2.75) is 19.9 Å². The third-order valence-electron chi connectivity index (χ3n) is 4.71. The molecule has 5 nitrogen and oxygen atoms in total. The molecular formula is C21H20N4O. The summed E-state index contributed by atoms with van der Waals surface area (Å²) in [6.45, 7) is 3.70. The number of aromatic nitrogens is 2. The molecule has 130 valence electrons. The molecule has 0 saturated carbocycles. The molecule has 1 aliphatic heterocycles. The van der Waals surface area contributed by atoms with E-state index in [4.69, 9.17) is 0 Å². The van der Waals surface area contributed by atoms with Gasteiger partial charge in [0, 0.05) is 25.5 Å². The first kappa shape index (κ1) is 16.3. The van der Waals surface area contributed by atoms with Gasteiger partial charge in [-0.1, -0.05) is 30.3 Å². The Morgan fingerprint density at radius 3 is 2.65 bits per heavy atom. The summed E-state index contributed by atoms with van der Waals surface area (Å²) in [5.41, 5.74) is 4.20. The maximum atomic E-state index is 12.4. The van der Waals surface area contributed by atoms with Crippen LogP contribution in [0.1, 0.15) is 27.0 Å². The van der Waals surface area contributed by atoms with E-state index in [0.29, 0.717) is 11.4 Å². The Bertz CT molecular complexity index is 937. The highest BCUT2D eigenvalue weighted by molar-refractivity contribution is 6.03. The summed E-state index contributed by atoms with van der Waals surface area (Å²) in [5.74, 6) is 1.27. The van der Waals surface area contributed by atoms with Crippen LogP contribution in [0.15, 0.2) is 60.9 Å². The minimum absolute atomic E-state index is 0.199. The number of pyridine rings is 2. The van der Waals surface area contributed by atoms with Crippen LogP contribution in [0, 0.1) is 6.92 Å². The number of fused-ring (bicyclic) bond motifs is 1. The van der Waals surface area contributed by atoms with Crippen LogP contribution in [0.25, 0.3) is 0 Å². The van der Waals surface area contributed by atoms with Gasteiger partial charge in [-0.3, -0.25) is 4.79 Å². The average Bonchev–Trinajstić information content (AvgIpc) is 2.69. The number of carbonyl (C=O) groups excluding carboxylic acids is 1. The zero-order valence-electron chi connectivity index (χ0n) is 14.6. The number of hydrogen-bond donors (Lipinski definition) is 1. The lowest BCUT2D eigenvalue weighted by Crippen LogP contribution is -2.31. The van der Waals surface area contributed by atoms with E-state index in [1.165, 1.54) is 11.1 Å². The van der Waals surface area contributed by atoms with Crippen molar-refractivity contribution in [1.29, 1.82) is 0 Å². The van der Waals surface area contributed by atoms with Crippen LogP contribution in [-0.4, -0.2) is 22.4 Å². The molecule has 3 heterocycles. The molecule has 2 aromatic heterocycles. The lowest BCUT2D eigenvalue weighted by Gasteiger charge is -2.29. The van der Waals surface area contributed by atoms with Gasteiger partial charge >= 0.3 is 0 Å². The molecule has 0 saturated heterocycles. The van der Waals surface area contributed by atoms with E-state index < -0.39 is 0 Å². The minimum Gasteiger partial charge on any atom is -0.352 e. The van der Waals surface area contributed by atoms with Crippen molar-refractivity contribution in [2.24, 2.45) is 0 Å². The molecule has 0 spiro atoms. The van der Waals surface area contributed by atoms with Crippen LogP contribution >= 0.6 is 0 Å². The Kier molecular flexibility index (Phi) is 4.35. The standard InChI is InChI=1S/C21H20N4O/c1-15-5-4-11-22-20(15)24-21(26)17-8-9-19(23-13-17)25-12-10-16-6-2-3-7-18(16)14-25/h2-9,11,13H,10,12,14H2,1H3,(H,22,24,26). The quantitative estimate of drug-likeness (QED) is 0.789. The van der Waals surface area contributed by atoms with Crippen molar-refractivity contribution in [3.63, 3.8) is 0 Å². The van der Waals surface area contributed by atoms with Gasteiger partial charge in [0.2, 0.25) is 0 Å². The smallest absolute Gasteiger partial charge is 0.258 e. The zero-order chi connectivity index (χ0) is 17.9. The number of aryl methyl sites for hydroxylation is 1. The summed E-state index contributed by atoms with van der Waals surface area (Å²) < 4.78 is 0. The van der Waals surface area contributed by atoms with E-state index in [0.717, 1.165) is 30.9 Å². The normalized spacial score (nSPS) is 13.2. The number of rotatable bonds is 3. The van der Waals surface area contributed by atoms with Crippen molar-refractivity contribution in [3.05, 3.63) is 83.2 Å². The molecule has 1 N–H and O–H groups in total. The first-order valence-corrected chi connectivity index (χ1v) is 8.71. The summed E-state index contributed by atoms with van der Waals surface area (Å²) in [4.78, 5) is 23.4. The summed E-state index contributed by atoms with van der Waals surface area (Å²) in [5, 5.41) is 2.83. The third-order valence-corrected chi connectivity index (χ3v) is 4.71. The van der Waals surface area contributed by atoms with Gasteiger partial charge in [0.25, 0.3) is 5.91 Å². The van der Waals surface area contributed by atoms with Gasteiger partial charge < -0.3 is 10.2 Å². The molecule has 0 atom stereocenters. The lowest BCUT2D eigenvalue weighted by atomic mass is 10.00. The van der Waals surface area contributed by atoms with E-state index in [-0.39, 0.29) is 5.91 Å². The molecule has 0 unspecified atom stereocenters. The fraction of sp³-hybridized carbons (Fsp3) is 0.190. The number of hydrogen-bond acceptors (Lipinski definition) is 4. The third kappa shape index (κ3) is 3.28. The Hall–Kier alpha value is -3.21. The largest absolute Gasteiger partial charge is 0.352 e. The molecule has 0 fully saturated rings. The van der Waals surface area contributed by atoms with Crippen molar-refractivity contribution >= 4 is 17.5 Å². The molecule has 0 bridgehead atoms. The predicted molar refractivity (Wildman–Crippen MR) is 102 cm³/mol. The maximum absolute atomic E-state index is 12.4. The lowest BCUT2D eigenvalue weighted by molar-refractivity contribution is 0.102. The number of carbonyl (C=O) groups is 1. The predicted octanol–water partition coefficient (Wildman–Crippen LogP) is 3.60. The van der Waals surface area contributed by atoms with Crippen LogP contribution in [0.3, 0.4) is 0 Å². The maximum Gasteiger partial charge on any atom is 0.258 e. The second-order valence-electron chi connectivity index (χ2n) is 6.47. The van der Waals surface area contributed by atoms with Gasteiger partial charge in [-0.05, 0) is 48.2 Å². The molecule has 0 radical (unpaired) electrons. The fourth-order valence-corrected chi connectivity index (χ4v) is 3.19. The first-order valence-electron chi connectivity index (χ1n) is 8.71. The molecule has 4 rings (SSSR count). The molecule has 1 amide bonds. The van der Waals surface area contributed by atoms with Crippen molar-refractivity contribution in [3.8, 4) is 0 Å². The second kappa shape index (κ2) is 6.96.